The van der Waals surface area contributed by atoms with Crippen molar-refractivity contribution < 1.29 is 19.3 Å². The third-order valence-electron chi connectivity index (χ3n) is 5.82. The lowest BCUT2D eigenvalue weighted by Crippen LogP contribution is -2.39. The van der Waals surface area contributed by atoms with E-state index in [-0.39, 0.29) is 25.2 Å². The second-order valence-electron chi connectivity index (χ2n) is 9.24. The lowest BCUT2D eigenvalue weighted by Gasteiger charge is -2.29. The Hall–Kier alpha value is -3.31. The molecule has 0 spiro atoms. The molecule has 0 unspecified atom stereocenters. The molecule has 0 fully saturated rings. The second kappa shape index (κ2) is 13.1. The van der Waals surface area contributed by atoms with Crippen molar-refractivity contribution >= 4 is 0 Å². The van der Waals surface area contributed by atoms with Gasteiger partial charge in [-0.2, -0.15) is 5.10 Å². The average molecular weight is 492 g/mol. The molecule has 7 nitrogen and oxygen atoms in total. The van der Waals surface area contributed by atoms with Crippen LogP contribution in [0.5, 0.6) is 17.4 Å². The molecule has 1 atom stereocenters. The molecule has 36 heavy (non-hydrogen) atoms. The van der Waals surface area contributed by atoms with Gasteiger partial charge in [0, 0.05) is 19.1 Å². The molecule has 192 valence electrons. The Labute approximate surface area is 214 Å². The molecule has 1 aromatic heterocycles. The summed E-state index contributed by atoms with van der Waals surface area (Å²) in [6.07, 6.45) is 4.59. The van der Waals surface area contributed by atoms with E-state index in [0.29, 0.717) is 19.0 Å². The summed E-state index contributed by atoms with van der Waals surface area (Å²) >= 11 is 0. The molecular formula is C29H37N3O4. The van der Waals surface area contributed by atoms with Gasteiger partial charge in [0.25, 0.3) is 0 Å². The SMILES string of the molecule is C#CCOC[C@@H](O)CN(Cc1c(C(C)C)nn(-c2ccc(OC)cc2)c1Oc1ccccc1)C(C)C. The highest BCUT2D eigenvalue weighted by Crippen LogP contribution is 2.35. The Morgan fingerprint density at radius 2 is 1.72 bits per heavy atom. The fraction of sp³-hybridized carbons (Fsp3) is 0.414. The molecule has 3 aromatic rings. The van der Waals surface area contributed by atoms with Crippen LogP contribution in [0.25, 0.3) is 5.69 Å². The zero-order valence-corrected chi connectivity index (χ0v) is 21.8. The molecule has 0 aliphatic heterocycles. The number of hydrogen-bond acceptors (Lipinski definition) is 6. The Bertz CT molecular complexity index is 1120. The van der Waals surface area contributed by atoms with Crippen LogP contribution in [0.1, 0.15) is 44.9 Å². The van der Waals surface area contributed by atoms with Gasteiger partial charge in [0.2, 0.25) is 5.88 Å². The van der Waals surface area contributed by atoms with E-state index in [1.165, 1.54) is 0 Å². The van der Waals surface area contributed by atoms with Crippen LogP contribution in [-0.4, -0.2) is 58.8 Å². The quantitative estimate of drug-likeness (QED) is 0.268. The lowest BCUT2D eigenvalue weighted by molar-refractivity contribution is 0.0190. The van der Waals surface area contributed by atoms with Gasteiger partial charge in [-0.25, -0.2) is 4.68 Å². The molecule has 0 aliphatic carbocycles. The van der Waals surface area contributed by atoms with Crippen LogP contribution in [0.15, 0.2) is 54.6 Å². The van der Waals surface area contributed by atoms with Crippen LogP contribution in [0.3, 0.4) is 0 Å². The van der Waals surface area contributed by atoms with Crippen LogP contribution in [0, 0.1) is 12.3 Å². The first kappa shape index (κ1) is 27.3. The van der Waals surface area contributed by atoms with Gasteiger partial charge in [0.1, 0.15) is 18.1 Å². The number of terminal acetylenes is 1. The summed E-state index contributed by atoms with van der Waals surface area (Å²) in [5.74, 6) is 4.74. The number of benzene rings is 2. The van der Waals surface area contributed by atoms with E-state index in [9.17, 15) is 5.11 Å². The molecular weight excluding hydrogens is 454 g/mol. The van der Waals surface area contributed by atoms with Crippen LogP contribution in [0.2, 0.25) is 0 Å². The fourth-order valence-corrected chi connectivity index (χ4v) is 3.91. The number of rotatable bonds is 13. The maximum absolute atomic E-state index is 10.6. The van der Waals surface area contributed by atoms with E-state index in [2.05, 4.69) is 38.5 Å². The molecule has 3 rings (SSSR count). The van der Waals surface area contributed by atoms with Crippen molar-refractivity contribution in [3.8, 4) is 35.4 Å². The predicted octanol–water partition coefficient (Wildman–Crippen LogP) is 5.02. The largest absolute Gasteiger partial charge is 0.497 e. The Balaban J connectivity index is 2.03. The molecule has 0 bridgehead atoms. The molecule has 0 saturated heterocycles. The number of para-hydroxylation sites is 1. The van der Waals surface area contributed by atoms with Crippen molar-refractivity contribution in [3.63, 3.8) is 0 Å². The molecule has 0 aliphatic rings. The number of aliphatic hydroxyl groups is 1. The maximum atomic E-state index is 10.6. The van der Waals surface area contributed by atoms with Crippen molar-refractivity contribution in [1.29, 1.82) is 0 Å². The highest BCUT2D eigenvalue weighted by Gasteiger charge is 2.26. The number of aliphatic hydroxyl groups excluding tert-OH is 1. The summed E-state index contributed by atoms with van der Waals surface area (Å²) < 4.78 is 19.0. The van der Waals surface area contributed by atoms with E-state index in [1.807, 2.05) is 59.3 Å². The molecule has 1 N–H and O–H groups in total. The monoisotopic (exact) mass is 491 g/mol. The van der Waals surface area contributed by atoms with Gasteiger partial charge >= 0.3 is 0 Å². The standard InChI is InChI=1S/C29H37N3O4/c1-7-17-35-20-24(33)18-31(22(4)5)19-27-28(21(2)3)30-32(23-13-15-25(34-6)16-14-23)29(27)36-26-11-9-8-10-12-26/h1,8-16,21-22,24,33H,17-20H2,2-6H3/t24-/m0/s1. The van der Waals surface area contributed by atoms with Gasteiger partial charge in [-0.05, 0) is 56.2 Å². The first-order chi connectivity index (χ1) is 17.3. The molecule has 7 heteroatoms. The van der Waals surface area contributed by atoms with Crippen molar-refractivity contribution in [2.75, 3.05) is 26.9 Å². The number of aromatic nitrogens is 2. The molecule has 2 aromatic carbocycles. The van der Waals surface area contributed by atoms with Gasteiger partial charge < -0.3 is 19.3 Å². The minimum Gasteiger partial charge on any atom is -0.497 e. The average Bonchev–Trinajstić information content (AvgIpc) is 3.22. The van der Waals surface area contributed by atoms with Crippen LogP contribution in [0.4, 0.5) is 0 Å². The molecule has 0 saturated carbocycles. The van der Waals surface area contributed by atoms with Gasteiger partial charge in [-0.15, -0.1) is 6.42 Å². The molecule has 1 heterocycles. The third-order valence-corrected chi connectivity index (χ3v) is 5.82. The van der Waals surface area contributed by atoms with E-state index in [0.717, 1.165) is 28.4 Å². The molecule has 0 radical (unpaired) electrons. The van der Waals surface area contributed by atoms with Crippen molar-refractivity contribution in [1.82, 2.24) is 14.7 Å². The summed E-state index contributed by atoms with van der Waals surface area (Å²) in [4.78, 5) is 2.20. The highest BCUT2D eigenvalue weighted by atomic mass is 16.5. The van der Waals surface area contributed by atoms with Crippen LogP contribution < -0.4 is 9.47 Å². The highest BCUT2D eigenvalue weighted by molar-refractivity contribution is 5.46. The number of nitrogens with zero attached hydrogens (tertiary/aromatic N) is 3. The summed E-state index contributed by atoms with van der Waals surface area (Å²) in [5.41, 5.74) is 2.80. The number of ether oxygens (including phenoxy) is 3. The Kier molecular flexibility index (Phi) is 9.95. The van der Waals surface area contributed by atoms with Crippen molar-refractivity contribution in [2.24, 2.45) is 0 Å². The minimum atomic E-state index is -0.668. The van der Waals surface area contributed by atoms with Gasteiger partial charge in [-0.1, -0.05) is 38.0 Å². The normalized spacial score (nSPS) is 12.2. The van der Waals surface area contributed by atoms with Gasteiger partial charge in [0.15, 0.2) is 0 Å². The summed E-state index contributed by atoms with van der Waals surface area (Å²) in [6, 6.07) is 17.6. The van der Waals surface area contributed by atoms with E-state index < -0.39 is 6.10 Å². The topological polar surface area (TPSA) is 69.0 Å². The number of hydrogen-bond donors (Lipinski definition) is 1. The van der Waals surface area contributed by atoms with Crippen LogP contribution in [-0.2, 0) is 11.3 Å². The smallest absolute Gasteiger partial charge is 0.227 e. The predicted molar refractivity (Wildman–Crippen MR) is 142 cm³/mol. The summed E-state index contributed by atoms with van der Waals surface area (Å²) in [5, 5.41) is 15.6. The van der Waals surface area contributed by atoms with E-state index >= 15 is 0 Å². The molecule has 0 amide bonds. The Morgan fingerprint density at radius 1 is 1.03 bits per heavy atom. The zero-order chi connectivity index (χ0) is 26.1. The fourth-order valence-electron chi connectivity index (χ4n) is 3.91. The van der Waals surface area contributed by atoms with E-state index in [4.69, 9.17) is 25.7 Å². The zero-order valence-electron chi connectivity index (χ0n) is 21.8. The summed E-state index contributed by atoms with van der Waals surface area (Å²) in [7, 11) is 1.65. The van der Waals surface area contributed by atoms with Crippen LogP contribution >= 0.6 is 0 Å². The van der Waals surface area contributed by atoms with Gasteiger partial charge in [0.05, 0.1) is 36.8 Å². The van der Waals surface area contributed by atoms with E-state index in [1.54, 1.807) is 7.11 Å². The summed E-state index contributed by atoms with van der Waals surface area (Å²) in [6.45, 7) is 9.81. The van der Waals surface area contributed by atoms with Crippen molar-refractivity contribution in [2.45, 2.75) is 52.3 Å². The minimum absolute atomic E-state index is 0.163. The van der Waals surface area contributed by atoms with Gasteiger partial charge in [-0.3, -0.25) is 4.90 Å². The van der Waals surface area contributed by atoms with Crippen molar-refractivity contribution in [3.05, 3.63) is 65.9 Å². The first-order valence-corrected chi connectivity index (χ1v) is 12.3. The third kappa shape index (κ3) is 7.11. The number of methoxy groups -OCH3 is 1. The lowest BCUT2D eigenvalue weighted by atomic mass is 10.0. The maximum Gasteiger partial charge on any atom is 0.227 e. The second-order valence-corrected chi connectivity index (χ2v) is 9.24. The Morgan fingerprint density at radius 3 is 2.31 bits per heavy atom. The first-order valence-electron chi connectivity index (χ1n) is 12.3.